The second kappa shape index (κ2) is 4.33. The van der Waals surface area contributed by atoms with E-state index in [1.54, 1.807) is 0 Å². The van der Waals surface area contributed by atoms with Crippen LogP contribution in [0, 0.1) is 11.6 Å². The molecule has 2 aromatic carbocycles. The molecule has 0 unspecified atom stereocenters. The van der Waals surface area contributed by atoms with Crippen molar-refractivity contribution in [3.8, 4) is 5.75 Å². The molecule has 2 nitrogen and oxygen atoms in total. The molecule has 0 heterocycles. The van der Waals surface area contributed by atoms with Crippen molar-refractivity contribution < 1.29 is 18.7 Å². The molecule has 0 radical (unpaired) electrons. The van der Waals surface area contributed by atoms with E-state index in [1.807, 2.05) is 0 Å². The summed E-state index contributed by atoms with van der Waals surface area (Å²) in [5.74, 6) is -3.31. The Hall–Kier alpha value is -2.23. The van der Waals surface area contributed by atoms with Gasteiger partial charge < -0.3 is 5.11 Å². The van der Waals surface area contributed by atoms with E-state index in [4.69, 9.17) is 0 Å². The van der Waals surface area contributed by atoms with Gasteiger partial charge in [-0.25, -0.2) is 8.78 Å². The Kier molecular flexibility index (Phi) is 2.87. The first-order valence-corrected chi connectivity index (χ1v) is 4.88. The van der Waals surface area contributed by atoms with Crippen LogP contribution in [0.3, 0.4) is 0 Å². The minimum atomic E-state index is -1.21. The van der Waals surface area contributed by atoms with Crippen molar-refractivity contribution in [2.45, 2.75) is 0 Å². The Morgan fingerprint density at radius 3 is 2.29 bits per heavy atom. The fourth-order valence-electron chi connectivity index (χ4n) is 1.49. The summed E-state index contributed by atoms with van der Waals surface area (Å²) in [5, 5.41) is 9.47. The molecule has 2 aromatic rings. The lowest BCUT2D eigenvalue weighted by Crippen LogP contribution is -2.05. The van der Waals surface area contributed by atoms with Gasteiger partial charge in [-0.15, -0.1) is 0 Å². The first kappa shape index (κ1) is 11.3. The van der Waals surface area contributed by atoms with Gasteiger partial charge in [0.15, 0.2) is 17.4 Å². The fraction of sp³-hybridized carbons (Fsp3) is 0. The van der Waals surface area contributed by atoms with E-state index in [0.29, 0.717) is 0 Å². The summed E-state index contributed by atoms with van der Waals surface area (Å²) in [4.78, 5) is 11.9. The molecule has 0 fully saturated rings. The number of phenols is 1. The number of hydrogen-bond acceptors (Lipinski definition) is 2. The summed E-state index contributed by atoms with van der Waals surface area (Å²) in [5.41, 5.74) is -0.455. The van der Waals surface area contributed by atoms with Gasteiger partial charge in [-0.1, -0.05) is 18.2 Å². The minimum absolute atomic E-state index is 0.0583. The largest absolute Gasteiger partial charge is 0.507 e. The molecular formula is C13H8F2O2. The van der Waals surface area contributed by atoms with E-state index in [0.717, 1.165) is 6.07 Å². The Balaban J connectivity index is 2.52. The summed E-state index contributed by atoms with van der Waals surface area (Å²) in [6, 6.07) is 9.07. The number of para-hydroxylation sites is 1. The van der Waals surface area contributed by atoms with Crippen LogP contribution in [0.25, 0.3) is 0 Å². The van der Waals surface area contributed by atoms with E-state index in [1.165, 1.54) is 36.4 Å². The van der Waals surface area contributed by atoms with Gasteiger partial charge in [0.25, 0.3) is 0 Å². The van der Waals surface area contributed by atoms with Crippen LogP contribution >= 0.6 is 0 Å². The molecule has 0 aliphatic carbocycles. The number of rotatable bonds is 2. The van der Waals surface area contributed by atoms with Crippen molar-refractivity contribution >= 4 is 5.78 Å². The van der Waals surface area contributed by atoms with E-state index in [-0.39, 0.29) is 11.3 Å². The predicted molar refractivity (Wildman–Crippen MR) is 57.9 cm³/mol. The van der Waals surface area contributed by atoms with Crippen LogP contribution in [0.2, 0.25) is 0 Å². The Labute approximate surface area is 96.1 Å². The van der Waals surface area contributed by atoms with Crippen molar-refractivity contribution in [1.82, 2.24) is 0 Å². The predicted octanol–water partition coefficient (Wildman–Crippen LogP) is 2.90. The normalized spacial score (nSPS) is 10.2. The number of hydrogen-bond donors (Lipinski definition) is 1. The van der Waals surface area contributed by atoms with Gasteiger partial charge in [-0.05, 0) is 24.3 Å². The summed E-state index contributed by atoms with van der Waals surface area (Å²) < 4.78 is 26.4. The summed E-state index contributed by atoms with van der Waals surface area (Å²) in [6.45, 7) is 0. The summed E-state index contributed by atoms with van der Waals surface area (Å²) >= 11 is 0. The van der Waals surface area contributed by atoms with Crippen molar-refractivity contribution in [2.24, 2.45) is 0 Å². The number of halogens is 2. The molecular weight excluding hydrogens is 226 g/mol. The zero-order valence-electron chi connectivity index (χ0n) is 8.65. The van der Waals surface area contributed by atoms with Gasteiger partial charge in [0.05, 0.1) is 11.1 Å². The molecule has 1 N–H and O–H groups in total. The number of phenolic OH excluding ortho intramolecular Hbond substituents is 1. The van der Waals surface area contributed by atoms with E-state index < -0.39 is 23.0 Å². The van der Waals surface area contributed by atoms with Crippen molar-refractivity contribution in [3.63, 3.8) is 0 Å². The van der Waals surface area contributed by atoms with Gasteiger partial charge in [-0.3, -0.25) is 4.79 Å². The highest BCUT2D eigenvalue weighted by Gasteiger charge is 2.18. The average molecular weight is 234 g/mol. The van der Waals surface area contributed by atoms with Crippen LogP contribution in [0.1, 0.15) is 15.9 Å². The third-order valence-electron chi connectivity index (χ3n) is 2.34. The van der Waals surface area contributed by atoms with E-state index in [9.17, 15) is 18.7 Å². The molecule has 0 bridgehead atoms. The second-order valence-electron chi connectivity index (χ2n) is 3.45. The molecule has 0 amide bonds. The molecule has 17 heavy (non-hydrogen) atoms. The molecule has 0 saturated carbocycles. The highest BCUT2D eigenvalue weighted by Crippen LogP contribution is 2.22. The molecule has 2 rings (SSSR count). The quantitative estimate of drug-likeness (QED) is 0.811. The number of aromatic hydroxyl groups is 1. The lowest BCUT2D eigenvalue weighted by Gasteiger charge is -2.04. The second-order valence-corrected chi connectivity index (χ2v) is 3.45. The van der Waals surface area contributed by atoms with Crippen molar-refractivity contribution in [2.75, 3.05) is 0 Å². The Morgan fingerprint density at radius 1 is 0.941 bits per heavy atom. The molecule has 0 saturated heterocycles. The lowest BCUT2D eigenvalue weighted by molar-refractivity contribution is 0.103. The van der Waals surface area contributed by atoms with Gasteiger partial charge in [0, 0.05) is 0 Å². The smallest absolute Gasteiger partial charge is 0.199 e. The first-order chi connectivity index (χ1) is 8.11. The molecule has 86 valence electrons. The average Bonchev–Trinajstić information content (AvgIpc) is 2.32. The van der Waals surface area contributed by atoms with Crippen LogP contribution in [0.15, 0.2) is 42.5 Å². The van der Waals surface area contributed by atoms with Gasteiger partial charge in [-0.2, -0.15) is 0 Å². The zero-order valence-corrected chi connectivity index (χ0v) is 8.65. The van der Waals surface area contributed by atoms with Crippen LogP contribution in [-0.2, 0) is 0 Å². The molecule has 0 atom stereocenters. The maximum absolute atomic E-state index is 13.4. The highest BCUT2D eigenvalue weighted by molar-refractivity contribution is 6.10. The lowest BCUT2D eigenvalue weighted by atomic mass is 10.0. The standard InChI is InChI=1S/C13H8F2O2/c14-10-6-3-5-9(12(10)15)13(17)8-4-1-2-7-11(8)16/h1-7,16H. The number of carbonyl (C=O) groups is 1. The molecule has 0 aliphatic rings. The molecule has 4 heteroatoms. The number of benzene rings is 2. The maximum Gasteiger partial charge on any atom is 0.199 e. The molecule has 0 spiro atoms. The molecule has 0 aliphatic heterocycles. The van der Waals surface area contributed by atoms with Crippen LogP contribution in [0.5, 0.6) is 5.75 Å². The van der Waals surface area contributed by atoms with Crippen LogP contribution < -0.4 is 0 Å². The highest BCUT2D eigenvalue weighted by atomic mass is 19.2. The SMILES string of the molecule is O=C(c1ccccc1O)c1cccc(F)c1F. The third-order valence-corrected chi connectivity index (χ3v) is 2.34. The third kappa shape index (κ3) is 2.01. The molecule has 0 aromatic heterocycles. The zero-order chi connectivity index (χ0) is 12.4. The Morgan fingerprint density at radius 2 is 1.59 bits per heavy atom. The van der Waals surface area contributed by atoms with Gasteiger partial charge in [0.1, 0.15) is 5.75 Å². The van der Waals surface area contributed by atoms with E-state index >= 15 is 0 Å². The van der Waals surface area contributed by atoms with Crippen LogP contribution in [0.4, 0.5) is 8.78 Å². The summed E-state index contributed by atoms with van der Waals surface area (Å²) in [6.07, 6.45) is 0. The Bertz CT molecular complexity index is 579. The minimum Gasteiger partial charge on any atom is -0.507 e. The van der Waals surface area contributed by atoms with Crippen molar-refractivity contribution in [3.05, 3.63) is 65.2 Å². The number of ketones is 1. The van der Waals surface area contributed by atoms with E-state index in [2.05, 4.69) is 0 Å². The van der Waals surface area contributed by atoms with Crippen molar-refractivity contribution in [1.29, 1.82) is 0 Å². The first-order valence-electron chi connectivity index (χ1n) is 4.88. The fourth-order valence-corrected chi connectivity index (χ4v) is 1.49. The maximum atomic E-state index is 13.4. The van der Waals surface area contributed by atoms with Gasteiger partial charge in [0.2, 0.25) is 0 Å². The topological polar surface area (TPSA) is 37.3 Å². The monoisotopic (exact) mass is 234 g/mol. The summed E-state index contributed by atoms with van der Waals surface area (Å²) in [7, 11) is 0. The number of carbonyl (C=O) groups excluding carboxylic acids is 1. The van der Waals surface area contributed by atoms with Crippen LogP contribution in [-0.4, -0.2) is 10.9 Å². The van der Waals surface area contributed by atoms with Gasteiger partial charge >= 0.3 is 0 Å².